The molecule has 0 fully saturated rings. The zero-order valence-corrected chi connectivity index (χ0v) is 22.9. The number of benzene rings is 3. The van der Waals surface area contributed by atoms with E-state index in [0.717, 1.165) is 14.5 Å². The first-order valence-corrected chi connectivity index (χ1v) is 12.2. The summed E-state index contributed by atoms with van der Waals surface area (Å²) in [6, 6.07) is 12.2. The molecule has 3 aromatic carbocycles. The van der Waals surface area contributed by atoms with E-state index in [4.69, 9.17) is 51.8 Å². The molecule has 32 heavy (non-hydrogen) atoms. The molecular weight excluding hydrogens is 622 g/mol. The van der Waals surface area contributed by atoms with Crippen LogP contribution in [-0.4, -0.2) is 11.0 Å². The Labute approximate surface area is 222 Å². The van der Waals surface area contributed by atoms with Gasteiger partial charge in [-0.05, 0) is 89.5 Å². The molecule has 4 nitrogen and oxygen atoms in total. The van der Waals surface area contributed by atoms with Crippen molar-refractivity contribution in [2.45, 2.75) is 13.8 Å². The number of thiocarbonyl (C=S) groups is 1. The molecule has 1 amide bonds. The molecule has 0 unspecified atom stereocenters. The van der Waals surface area contributed by atoms with Crippen LogP contribution in [0.1, 0.15) is 21.5 Å². The molecule has 3 rings (SSSR count). The lowest BCUT2D eigenvalue weighted by molar-refractivity contribution is 0.0978. The van der Waals surface area contributed by atoms with Crippen molar-refractivity contribution in [1.29, 1.82) is 0 Å². The summed E-state index contributed by atoms with van der Waals surface area (Å²) in [5.41, 5.74) is 2.34. The molecule has 0 bridgehead atoms. The molecule has 0 saturated carbocycles. The number of hydrogen-bond acceptors (Lipinski definition) is 3. The van der Waals surface area contributed by atoms with Crippen LogP contribution in [0, 0.1) is 13.8 Å². The van der Waals surface area contributed by atoms with Crippen LogP contribution in [0.2, 0.25) is 15.1 Å². The molecule has 0 saturated heterocycles. The smallest absolute Gasteiger partial charge is 0.260 e. The maximum absolute atomic E-state index is 12.6. The lowest BCUT2D eigenvalue weighted by atomic mass is 10.1. The van der Waals surface area contributed by atoms with Crippen LogP contribution >= 0.6 is 78.9 Å². The second-order valence-corrected chi connectivity index (χ2v) is 10.1. The van der Waals surface area contributed by atoms with Crippen LogP contribution < -0.4 is 15.4 Å². The fourth-order valence-electron chi connectivity index (χ4n) is 2.89. The van der Waals surface area contributed by atoms with Crippen molar-refractivity contribution in [2.24, 2.45) is 0 Å². The third kappa shape index (κ3) is 5.76. The highest BCUT2D eigenvalue weighted by atomic mass is 79.9. The molecule has 10 heteroatoms. The summed E-state index contributed by atoms with van der Waals surface area (Å²) in [5, 5.41) is 6.58. The standard InChI is InChI=1S/C22H15Br2Cl3N2O2S/c1-10-8-17(31-16-7-6-12(23)9-13(16)24)19(27)11(2)20(10)28-22(32)29-21(30)18-14(25)4-3-5-15(18)26/h3-9H,1-2H3,(H2,28,29,30,32). The first kappa shape index (κ1) is 25.3. The van der Waals surface area contributed by atoms with Gasteiger partial charge in [-0.1, -0.05) is 56.8 Å². The quantitative estimate of drug-likeness (QED) is 0.281. The van der Waals surface area contributed by atoms with Crippen molar-refractivity contribution < 1.29 is 9.53 Å². The number of amides is 1. The highest BCUT2D eigenvalue weighted by Gasteiger charge is 2.18. The van der Waals surface area contributed by atoms with Gasteiger partial charge in [0.1, 0.15) is 11.5 Å². The maximum Gasteiger partial charge on any atom is 0.260 e. The van der Waals surface area contributed by atoms with Crippen LogP contribution in [0.15, 0.2) is 51.4 Å². The van der Waals surface area contributed by atoms with Crippen molar-refractivity contribution >= 4 is 95.6 Å². The SMILES string of the molecule is Cc1cc(Oc2ccc(Br)cc2Br)c(Cl)c(C)c1NC(=S)NC(=O)c1c(Cl)cccc1Cl. The van der Waals surface area contributed by atoms with E-state index in [2.05, 4.69) is 42.5 Å². The minimum atomic E-state index is -0.514. The van der Waals surface area contributed by atoms with E-state index < -0.39 is 5.91 Å². The number of hydrogen-bond donors (Lipinski definition) is 2. The molecular formula is C22H15Br2Cl3N2O2S. The molecule has 3 aromatic rings. The predicted octanol–water partition coefficient (Wildman–Crippen LogP) is 8.71. The Morgan fingerprint density at radius 1 is 1.00 bits per heavy atom. The van der Waals surface area contributed by atoms with E-state index in [9.17, 15) is 4.79 Å². The number of carbonyl (C=O) groups excluding carboxylic acids is 1. The van der Waals surface area contributed by atoms with Gasteiger partial charge in [0, 0.05) is 10.2 Å². The van der Waals surface area contributed by atoms with Crippen molar-refractivity contribution in [1.82, 2.24) is 5.32 Å². The van der Waals surface area contributed by atoms with E-state index in [-0.39, 0.29) is 20.7 Å². The third-order valence-corrected chi connectivity index (χ3v) is 6.85. The summed E-state index contributed by atoms with van der Waals surface area (Å²) < 4.78 is 7.71. The summed E-state index contributed by atoms with van der Waals surface area (Å²) in [4.78, 5) is 12.6. The van der Waals surface area contributed by atoms with Gasteiger partial charge >= 0.3 is 0 Å². The number of nitrogens with one attached hydrogen (secondary N) is 2. The van der Waals surface area contributed by atoms with E-state index in [1.807, 2.05) is 32.0 Å². The monoisotopic (exact) mass is 634 g/mol. The zero-order valence-electron chi connectivity index (χ0n) is 16.7. The Morgan fingerprint density at radius 2 is 1.66 bits per heavy atom. The number of halogens is 5. The van der Waals surface area contributed by atoms with Gasteiger partial charge in [0.25, 0.3) is 5.91 Å². The Bertz CT molecular complexity index is 1220. The minimum absolute atomic E-state index is 0.0811. The Kier molecular flexibility index (Phi) is 8.47. The Hall–Kier alpha value is -1.35. The van der Waals surface area contributed by atoms with Gasteiger partial charge in [-0.25, -0.2) is 0 Å². The number of anilines is 1. The van der Waals surface area contributed by atoms with Crippen LogP contribution in [0.5, 0.6) is 11.5 Å². The summed E-state index contributed by atoms with van der Waals surface area (Å²) in [5.74, 6) is 0.599. The lowest BCUT2D eigenvalue weighted by Gasteiger charge is -2.18. The summed E-state index contributed by atoms with van der Waals surface area (Å²) in [7, 11) is 0. The van der Waals surface area contributed by atoms with Crippen LogP contribution in [0.3, 0.4) is 0 Å². The lowest BCUT2D eigenvalue weighted by Crippen LogP contribution is -2.34. The molecule has 0 aliphatic rings. The van der Waals surface area contributed by atoms with E-state index >= 15 is 0 Å². The minimum Gasteiger partial charge on any atom is -0.455 e. The molecule has 0 heterocycles. The number of ether oxygens (including phenoxy) is 1. The van der Waals surface area contributed by atoms with Gasteiger partial charge in [0.2, 0.25) is 0 Å². The average molecular weight is 638 g/mol. The summed E-state index contributed by atoms with van der Waals surface area (Å²) in [6.07, 6.45) is 0. The normalized spacial score (nSPS) is 10.6. The largest absolute Gasteiger partial charge is 0.455 e. The number of carbonyl (C=O) groups is 1. The van der Waals surface area contributed by atoms with E-state index in [0.29, 0.717) is 27.8 Å². The second-order valence-electron chi connectivity index (χ2n) is 6.69. The molecule has 0 aromatic heterocycles. The van der Waals surface area contributed by atoms with Crippen LogP contribution in [0.4, 0.5) is 5.69 Å². The predicted molar refractivity (Wildman–Crippen MR) is 143 cm³/mol. The molecule has 166 valence electrons. The summed E-state index contributed by atoms with van der Waals surface area (Å²) >= 11 is 31.0. The van der Waals surface area contributed by atoms with Gasteiger partial charge in [0.15, 0.2) is 5.11 Å². The fourth-order valence-corrected chi connectivity index (χ4v) is 4.97. The van der Waals surface area contributed by atoms with Crippen LogP contribution in [0.25, 0.3) is 0 Å². The molecule has 2 N–H and O–H groups in total. The van der Waals surface area contributed by atoms with Crippen molar-refractivity contribution in [3.63, 3.8) is 0 Å². The van der Waals surface area contributed by atoms with Crippen molar-refractivity contribution in [3.05, 3.63) is 83.2 Å². The Balaban J connectivity index is 1.81. The zero-order chi connectivity index (χ0) is 23.6. The Morgan fingerprint density at radius 3 is 2.28 bits per heavy atom. The van der Waals surface area contributed by atoms with Crippen LogP contribution in [-0.2, 0) is 0 Å². The van der Waals surface area contributed by atoms with Gasteiger partial charge in [0.05, 0.1) is 25.1 Å². The van der Waals surface area contributed by atoms with E-state index in [1.165, 1.54) is 0 Å². The summed E-state index contributed by atoms with van der Waals surface area (Å²) in [6.45, 7) is 3.71. The number of rotatable bonds is 4. The highest BCUT2D eigenvalue weighted by Crippen LogP contribution is 2.40. The van der Waals surface area contributed by atoms with Gasteiger partial charge in [-0.3, -0.25) is 10.1 Å². The average Bonchev–Trinajstić information content (AvgIpc) is 2.71. The van der Waals surface area contributed by atoms with Gasteiger partial charge < -0.3 is 10.1 Å². The molecule has 0 spiro atoms. The fraction of sp³-hybridized carbons (Fsp3) is 0.0909. The number of aryl methyl sites for hydroxylation is 1. The third-order valence-electron chi connectivity index (χ3n) is 4.43. The van der Waals surface area contributed by atoms with Crippen molar-refractivity contribution in [3.8, 4) is 11.5 Å². The first-order valence-electron chi connectivity index (χ1n) is 9.07. The van der Waals surface area contributed by atoms with Gasteiger partial charge in [-0.2, -0.15) is 0 Å². The molecule has 0 atom stereocenters. The highest BCUT2D eigenvalue weighted by molar-refractivity contribution is 9.11. The topological polar surface area (TPSA) is 50.4 Å². The van der Waals surface area contributed by atoms with Gasteiger partial charge in [-0.15, -0.1) is 0 Å². The van der Waals surface area contributed by atoms with Crippen molar-refractivity contribution in [2.75, 3.05) is 5.32 Å². The molecule has 0 radical (unpaired) electrons. The first-order chi connectivity index (χ1) is 15.1. The molecule has 0 aliphatic heterocycles. The maximum atomic E-state index is 12.6. The molecule has 0 aliphatic carbocycles. The van der Waals surface area contributed by atoms with E-state index in [1.54, 1.807) is 24.3 Å². The second kappa shape index (κ2) is 10.7.